The van der Waals surface area contributed by atoms with Crippen LogP contribution in [-0.2, 0) is 9.53 Å². The lowest BCUT2D eigenvalue weighted by atomic mass is 10.2. The zero-order chi connectivity index (χ0) is 15.1. The van der Waals surface area contributed by atoms with Crippen molar-refractivity contribution in [3.63, 3.8) is 0 Å². The Balaban J connectivity index is 2.94. The number of carbonyl (C=O) groups excluding carboxylic acids is 1. The topological polar surface area (TPSA) is 105 Å². The molecule has 104 valence electrons. The molecule has 0 saturated heterocycles. The summed E-state index contributed by atoms with van der Waals surface area (Å²) in [6, 6.07) is 5.68. The highest BCUT2D eigenvalue weighted by Gasteiger charge is 2.13. The maximum atomic E-state index is 11.3. The SMILES string of the molecule is CCOC(=O)/C(C#N)=C\Nc1ccc(Cl)c([N+](=O)[O-])c1. The van der Waals surface area contributed by atoms with Gasteiger partial charge in [0, 0.05) is 18.0 Å². The van der Waals surface area contributed by atoms with Crippen LogP contribution >= 0.6 is 11.6 Å². The molecule has 0 spiro atoms. The van der Waals surface area contributed by atoms with Crippen molar-refractivity contribution in [2.45, 2.75) is 6.92 Å². The molecule has 0 atom stereocenters. The van der Waals surface area contributed by atoms with E-state index >= 15 is 0 Å². The van der Waals surface area contributed by atoms with Crippen LogP contribution in [-0.4, -0.2) is 17.5 Å². The van der Waals surface area contributed by atoms with Crippen LogP contribution in [0.25, 0.3) is 0 Å². The molecule has 0 fully saturated rings. The summed E-state index contributed by atoms with van der Waals surface area (Å²) >= 11 is 5.66. The Kier molecular flexibility index (Phi) is 5.50. The van der Waals surface area contributed by atoms with Gasteiger partial charge in [0.2, 0.25) is 0 Å². The van der Waals surface area contributed by atoms with Crippen LogP contribution in [0, 0.1) is 21.4 Å². The molecule has 0 bridgehead atoms. The number of carbonyl (C=O) groups is 1. The van der Waals surface area contributed by atoms with Crippen molar-refractivity contribution < 1.29 is 14.5 Å². The molecule has 0 aliphatic carbocycles. The highest BCUT2D eigenvalue weighted by molar-refractivity contribution is 6.32. The quantitative estimate of drug-likeness (QED) is 0.294. The van der Waals surface area contributed by atoms with Crippen LogP contribution in [0.4, 0.5) is 11.4 Å². The molecule has 20 heavy (non-hydrogen) atoms. The summed E-state index contributed by atoms with van der Waals surface area (Å²) in [4.78, 5) is 21.4. The van der Waals surface area contributed by atoms with Gasteiger partial charge in [0.15, 0.2) is 5.57 Å². The van der Waals surface area contributed by atoms with Crippen molar-refractivity contribution in [1.82, 2.24) is 0 Å². The number of nitrogens with zero attached hydrogens (tertiary/aromatic N) is 2. The van der Waals surface area contributed by atoms with Gasteiger partial charge >= 0.3 is 5.97 Å². The summed E-state index contributed by atoms with van der Waals surface area (Å²) in [5.41, 5.74) is -0.206. The molecule has 0 unspecified atom stereocenters. The molecule has 1 N–H and O–H groups in total. The van der Waals surface area contributed by atoms with E-state index in [1.54, 1.807) is 13.0 Å². The normalized spacial score (nSPS) is 10.6. The van der Waals surface area contributed by atoms with E-state index in [1.807, 2.05) is 0 Å². The number of nitro groups is 1. The third kappa shape index (κ3) is 3.96. The number of halogens is 1. The van der Waals surface area contributed by atoms with Crippen molar-refractivity contribution in [3.8, 4) is 6.07 Å². The van der Waals surface area contributed by atoms with E-state index in [-0.39, 0.29) is 22.9 Å². The molecule has 1 aromatic carbocycles. The molecule has 1 aromatic rings. The van der Waals surface area contributed by atoms with E-state index < -0.39 is 10.9 Å². The van der Waals surface area contributed by atoms with Gasteiger partial charge in [-0.1, -0.05) is 11.6 Å². The first kappa shape index (κ1) is 15.5. The fourth-order valence-electron chi connectivity index (χ4n) is 1.24. The lowest BCUT2D eigenvalue weighted by Crippen LogP contribution is -2.07. The maximum Gasteiger partial charge on any atom is 0.350 e. The highest BCUT2D eigenvalue weighted by atomic mass is 35.5. The number of nitriles is 1. The molecule has 8 heteroatoms. The summed E-state index contributed by atoms with van der Waals surface area (Å²) in [5, 5.41) is 22.1. The largest absolute Gasteiger partial charge is 0.462 e. The summed E-state index contributed by atoms with van der Waals surface area (Å²) in [5.74, 6) is -0.772. The number of esters is 1. The minimum Gasteiger partial charge on any atom is -0.462 e. The standard InChI is InChI=1S/C12H10ClN3O4/c1-2-20-12(17)8(6-14)7-15-9-3-4-10(13)11(5-9)16(18)19/h3-5,7,15H,2H2,1H3/b8-7-. The zero-order valence-electron chi connectivity index (χ0n) is 10.4. The zero-order valence-corrected chi connectivity index (χ0v) is 11.2. The van der Waals surface area contributed by atoms with Gasteiger partial charge < -0.3 is 10.1 Å². The monoisotopic (exact) mass is 295 g/mol. The molecule has 0 heterocycles. The second kappa shape index (κ2) is 7.11. The van der Waals surface area contributed by atoms with Crippen LogP contribution in [0.2, 0.25) is 5.02 Å². The minimum atomic E-state index is -0.772. The number of hydrogen-bond acceptors (Lipinski definition) is 6. The van der Waals surface area contributed by atoms with Gasteiger partial charge in [0.25, 0.3) is 5.69 Å². The van der Waals surface area contributed by atoms with Crippen LogP contribution in [0.5, 0.6) is 0 Å². The van der Waals surface area contributed by atoms with E-state index in [2.05, 4.69) is 10.1 Å². The summed E-state index contributed by atoms with van der Waals surface area (Å²) in [7, 11) is 0. The molecule has 0 aliphatic rings. The molecule has 0 radical (unpaired) electrons. The van der Waals surface area contributed by atoms with Crippen LogP contribution < -0.4 is 5.32 Å². The lowest BCUT2D eigenvalue weighted by molar-refractivity contribution is -0.384. The van der Waals surface area contributed by atoms with Crippen molar-refractivity contribution in [2.75, 3.05) is 11.9 Å². The highest BCUT2D eigenvalue weighted by Crippen LogP contribution is 2.27. The molecule has 0 saturated carbocycles. The van der Waals surface area contributed by atoms with E-state index in [1.165, 1.54) is 18.2 Å². The number of hydrogen-bond donors (Lipinski definition) is 1. The van der Waals surface area contributed by atoms with Gasteiger partial charge in [-0.25, -0.2) is 4.79 Å². The second-order valence-electron chi connectivity index (χ2n) is 3.46. The van der Waals surface area contributed by atoms with Gasteiger partial charge in [-0.05, 0) is 19.1 Å². The summed E-state index contributed by atoms with van der Waals surface area (Å²) < 4.78 is 4.67. The Morgan fingerprint density at radius 1 is 1.65 bits per heavy atom. The van der Waals surface area contributed by atoms with Crippen LogP contribution in [0.3, 0.4) is 0 Å². The van der Waals surface area contributed by atoms with Crippen molar-refractivity contribution in [1.29, 1.82) is 5.26 Å². The van der Waals surface area contributed by atoms with Gasteiger partial charge in [0.1, 0.15) is 11.1 Å². The first-order valence-corrected chi connectivity index (χ1v) is 5.85. The van der Waals surface area contributed by atoms with Gasteiger partial charge in [-0.3, -0.25) is 10.1 Å². The minimum absolute atomic E-state index is 0.00423. The molecule has 1 rings (SSSR count). The predicted molar refractivity (Wildman–Crippen MR) is 72.1 cm³/mol. The second-order valence-corrected chi connectivity index (χ2v) is 3.87. The molecule has 0 aromatic heterocycles. The van der Waals surface area contributed by atoms with Crippen molar-refractivity contribution in [2.24, 2.45) is 0 Å². The average molecular weight is 296 g/mol. The van der Waals surface area contributed by atoms with Gasteiger partial charge in [0.05, 0.1) is 11.5 Å². The number of anilines is 1. The lowest BCUT2D eigenvalue weighted by Gasteiger charge is -2.03. The molecule has 0 amide bonds. The van der Waals surface area contributed by atoms with E-state index in [4.69, 9.17) is 16.9 Å². The number of ether oxygens (including phenoxy) is 1. The number of benzene rings is 1. The predicted octanol–water partition coefficient (Wildman–Crippen LogP) is 2.63. The first-order chi connectivity index (χ1) is 9.49. The molecule has 7 nitrogen and oxygen atoms in total. The number of nitro benzene ring substituents is 1. The van der Waals surface area contributed by atoms with E-state index in [0.717, 1.165) is 6.20 Å². The molecular weight excluding hydrogens is 286 g/mol. The summed E-state index contributed by atoms with van der Waals surface area (Å²) in [6.45, 7) is 1.76. The van der Waals surface area contributed by atoms with Crippen molar-refractivity contribution >= 4 is 28.9 Å². The van der Waals surface area contributed by atoms with Crippen LogP contribution in [0.15, 0.2) is 30.0 Å². The fourth-order valence-corrected chi connectivity index (χ4v) is 1.43. The van der Waals surface area contributed by atoms with E-state index in [9.17, 15) is 14.9 Å². The first-order valence-electron chi connectivity index (χ1n) is 5.47. The Hall–Kier alpha value is -2.59. The van der Waals surface area contributed by atoms with Gasteiger partial charge in [-0.2, -0.15) is 5.26 Å². The molecular formula is C12H10ClN3O4. The summed E-state index contributed by atoms with van der Waals surface area (Å²) in [6.07, 6.45) is 1.12. The Morgan fingerprint density at radius 3 is 2.90 bits per heavy atom. The molecule has 0 aliphatic heterocycles. The third-order valence-electron chi connectivity index (χ3n) is 2.14. The average Bonchev–Trinajstić information content (AvgIpc) is 2.41. The maximum absolute atomic E-state index is 11.3. The fraction of sp³-hybridized carbons (Fsp3) is 0.167. The van der Waals surface area contributed by atoms with E-state index in [0.29, 0.717) is 5.69 Å². The van der Waals surface area contributed by atoms with Gasteiger partial charge in [-0.15, -0.1) is 0 Å². The smallest absolute Gasteiger partial charge is 0.350 e. The number of nitrogens with one attached hydrogen (secondary N) is 1. The number of rotatable bonds is 5. The third-order valence-corrected chi connectivity index (χ3v) is 2.46. The van der Waals surface area contributed by atoms with Crippen molar-refractivity contribution in [3.05, 3.63) is 45.1 Å². The van der Waals surface area contributed by atoms with Crippen LogP contribution in [0.1, 0.15) is 6.92 Å². The Morgan fingerprint density at radius 2 is 2.35 bits per heavy atom. The Labute approximate surface area is 119 Å². The Bertz CT molecular complexity index is 607.